The third-order valence-electron chi connectivity index (χ3n) is 6.99. The van der Waals surface area contributed by atoms with E-state index < -0.39 is 11.9 Å². The number of nitrogens with one attached hydrogen (secondary N) is 1. The number of carbonyl (C=O) groups excluding carboxylic acids is 1. The lowest BCUT2D eigenvalue weighted by Crippen LogP contribution is -2.32. The number of nitrogen functional groups attached to an aromatic ring is 1. The molecule has 0 saturated carbocycles. The number of anilines is 1. The van der Waals surface area contributed by atoms with Crippen LogP contribution in [-0.4, -0.2) is 40.1 Å². The van der Waals surface area contributed by atoms with Gasteiger partial charge in [-0.15, -0.1) is 9.73 Å². The third kappa shape index (κ3) is 4.47. The number of fused-ring (bicyclic) bond motifs is 2. The van der Waals surface area contributed by atoms with Crippen molar-refractivity contribution in [1.82, 2.24) is 39.5 Å². The number of carbonyl (C=O) groups is 1. The quantitative estimate of drug-likeness (QED) is 0.326. The topological polar surface area (TPSA) is 138 Å². The summed E-state index contributed by atoms with van der Waals surface area (Å²) in [5.41, 5.74) is 9.70. The van der Waals surface area contributed by atoms with Crippen LogP contribution in [0.25, 0.3) is 22.1 Å². The van der Waals surface area contributed by atoms with Crippen LogP contribution in [0.1, 0.15) is 45.8 Å². The van der Waals surface area contributed by atoms with E-state index in [1.807, 2.05) is 68.6 Å². The molecule has 0 radical (unpaired) electrons. The van der Waals surface area contributed by atoms with Crippen molar-refractivity contribution in [3.63, 3.8) is 0 Å². The van der Waals surface area contributed by atoms with E-state index in [0.29, 0.717) is 27.7 Å². The highest BCUT2D eigenvalue weighted by atomic mass is 16.2. The predicted molar refractivity (Wildman–Crippen MR) is 155 cm³/mol. The van der Waals surface area contributed by atoms with E-state index in [9.17, 15) is 9.59 Å². The lowest BCUT2D eigenvalue weighted by atomic mass is 10.0. The summed E-state index contributed by atoms with van der Waals surface area (Å²) in [6, 6.07) is 16.1. The van der Waals surface area contributed by atoms with Gasteiger partial charge in [0.1, 0.15) is 5.56 Å². The van der Waals surface area contributed by atoms with Crippen LogP contribution in [0.5, 0.6) is 0 Å². The Morgan fingerprint density at radius 3 is 2.56 bits per heavy atom. The van der Waals surface area contributed by atoms with E-state index in [-0.39, 0.29) is 22.6 Å². The Morgan fingerprint density at radius 2 is 1.80 bits per heavy atom. The molecule has 0 bridgehead atoms. The molecule has 0 spiro atoms. The van der Waals surface area contributed by atoms with E-state index >= 15 is 0 Å². The fourth-order valence-corrected chi connectivity index (χ4v) is 4.77. The second kappa shape index (κ2) is 10.1. The first-order valence-electron chi connectivity index (χ1n) is 12.8. The molecule has 2 aromatic carbocycles. The standard InChI is InChI=1S/C30H25N9O2/c1-18(35-29(40)26-27(31)36-39-28(26)32-14-15-33-39)24-16-21-9-7-8-20(12-13-22-17-34-37(3)19(22)2)25(21)30(41)38(24)23-10-5-4-6-11-23/h4-11,14-18H,1-3H3,(H2,31,36)(H,35,40)/t18-/m0/s1. The van der Waals surface area contributed by atoms with Gasteiger partial charge in [0.15, 0.2) is 11.5 Å². The van der Waals surface area contributed by atoms with Crippen LogP contribution in [0.15, 0.2) is 78.0 Å². The first-order valence-corrected chi connectivity index (χ1v) is 12.8. The molecule has 0 aliphatic rings. The Balaban J connectivity index is 1.48. The van der Waals surface area contributed by atoms with Crippen molar-refractivity contribution in [3.05, 3.63) is 112 Å². The summed E-state index contributed by atoms with van der Waals surface area (Å²) in [6.45, 7) is 3.75. The van der Waals surface area contributed by atoms with Gasteiger partial charge in [-0.05, 0) is 43.5 Å². The Hall–Kier alpha value is -5.76. The Kier molecular flexibility index (Phi) is 6.28. The van der Waals surface area contributed by atoms with Crippen molar-refractivity contribution in [1.29, 1.82) is 0 Å². The van der Waals surface area contributed by atoms with Gasteiger partial charge < -0.3 is 11.1 Å². The largest absolute Gasteiger partial charge is 0.381 e. The highest BCUT2D eigenvalue weighted by Gasteiger charge is 2.24. The number of benzene rings is 2. The zero-order chi connectivity index (χ0) is 28.7. The summed E-state index contributed by atoms with van der Waals surface area (Å²) >= 11 is 0. The van der Waals surface area contributed by atoms with Gasteiger partial charge >= 0.3 is 0 Å². The molecule has 0 unspecified atom stereocenters. The molecule has 3 N–H and O–H groups in total. The van der Waals surface area contributed by atoms with E-state index in [2.05, 4.69) is 37.4 Å². The summed E-state index contributed by atoms with van der Waals surface area (Å²) in [4.78, 5) is 31.8. The Labute approximate surface area is 234 Å². The van der Waals surface area contributed by atoms with Gasteiger partial charge in [-0.25, -0.2) is 4.98 Å². The molecule has 4 heterocycles. The molecular formula is C30H25N9O2. The molecule has 1 amide bonds. The number of pyridine rings is 1. The van der Waals surface area contributed by atoms with Gasteiger partial charge in [-0.2, -0.15) is 10.2 Å². The Bertz CT molecular complexity index is 2080. The van der Waals surface area contributed by atoms with Crippen LogP contribution in [0.3, 0.4) is 0 Å². The second-order valence-corrected chi connectivity index (χ2v) is 9.54. The lowest BCUT2D eigenvalue weighted by Gasteiger charge is -2.21. The number of para-hydroxylation sites is 1. The number of hydrogen-bond donors (Lipinski definition) is 2. The fourth-order valence-electron chi connectivity index (χ4n) is 4.77. The Morgan fingerprint density at radius 1 is 1.02 bits per heavy atom. The van der Waals surface area contributed by atoms with Gasteiger partial charge in [0.25, 0.3) is 11.5 Å². The summed E-state index contributed by atoms with van der Waals surface area (Å²) < 4.78 is 4.57. The van der Waals surface area contributed by atoms with Crippen LogP contribution < -0.4 is 16.6 Å². The number of nitrogens with zero attached hydrogens (tertiary/aromatic N) is 7. The molecular weight excluding hydrogens is 518 g/mol. The average Bonchev–Trinajstić information content (AvgIpc) is 3.49. The number of nitrogens with two attached hydrogens (primary N) is 1. The molecule has 1 atom stereocenters. The van der Waals surface area contributed by atoms with Crippen molar-refractivity contribution in [2.45, 2.75) is 19.9 Å². The monoisotopic (exact) mass is 543 g/mol. The predicted octanol–water partition coefficient (Wildman–Crippen LogP) is 2.94. The summed E-state index contributed by atoms with van der Waals surface area (Å²) in [5.74, 6) is 5.86. The molecule has 0 saturated heterocycles. The first kappa shape index (κ1) is 25.5. The maximum Gasteiger partial charge on any atom is 0.264 e. The zero-order valence-corrected chi connectivity index (χ0v) is 22.5. The maximum atomic E-state index is 14.2. The van der Waals surface area contributed by atoms with Gasteiger partial charge in [0.05, 0.1) is 35.1 Å². The second-order valence-electron chi connectivity index (χ2n) is 9.54. The van der Waals surface area contributed by atoms with Crippen molar-refractivity contribution < 1.29 is 4.79 Å². The molecule has 202 valence electrons. The minimum absolute atomic E-state index is 0.00642. The third-order valence-corrected chi connectivity index (χ3v) is 6.99. The fraction of sp³-hybridized carbons (Fsp3) is 0.133. The molecule has 4 aromatic heterocycles. The molecule has 0 aliphatic heterocycles. The minimum atomic E-state index is -0.599. The normalized spacial score (nSPS) is 11.8. The SMILES string of the molecule is Cc1c(C#Cc2cccc3cc([C@H](C)NC(=O)c4c(N)nn5nccnc45)n(-c4ccccc4)c(=O)c23)cnn1C. The molecule has 11 heteroatoms. The summed E-state index contributed by atoms with van der Waals surface area (Å²) in [6.07, 6.45) is 4.62. The van der Waals surface area contributed by atoms with Crippen molar-refractivity contribution in [2.75, 3.05) is 5.73 Å². The van der Waals surface area contributed by atoms with E-state index in [1.165, 1.54) is 17.0 Å². The van der Waals surface area contributed by atoms with Crippen LogP contribution in [0.4, 0.5) is 5.82 Å². The molecule has 0 fully saturated rings. The molecule has 6 aromatic rings. The first-order chi connectivity index (χ1) is 19.8. The van der Waals surface area contributed by atoms with Crippen LogP contribution >= 0.6 is 0 Å². The number of hydrogen-bond acceptors (Lipinski definition) is 7. The van der Waals surface area contributed by atoms with Crippen LogP contribution in [0, 0.1) is 18.8 Å². The van der Waals surface area contributed by atoms with E-state index in [1.54, 1.807) is 22.4 Å². The molecule has 6 rings (SSSR count). The van der Waals surface area contributed by atoms with Crippen molar-refractivity contribution >= 4 is 28.1 Å². The minimum Gasteiger partial charge on any atom is -0.381 e. The summed E-state index contributed by atoms with van der Waals surface area (Å²) in [5, 5.41) is 16.5. The van der Waals surface area contributed by atoms with Gasteiger partial charge in [-0.1, -0.05) is 42.2 Å². The van der Waals surface area contributed by atoms with Crippen LogP contribution in [0.2, 0.25) is 0 Å². The zero-order valence-electron chi connectivity index (χ0n) is 22.5. The van der Waals surface area contributed by atoms with Crippen LogP contribution in [-0.2, 0) is 7.05 Å². The number of aromatic nitrogens is 7. The summed E-state index contributed by atoms with van der Waals surface area (Å²) in [7, 11) is 1.86. The van der Waals surface area contributed by atoms with Gasteiger partial charge in [0.2, 0.25) is 0 Å². The van der Waals surface area contributed by atoms with E-state index in [0.717, 1.165) is 11.3 Å². The smallest absolute Gasteiger partial charge is 0.264 e. The van der Waals surface area contributed by atoms with Crippen molar-refractivity contribution in [2.24, 2.45) is 7.05 Å². The highest BCUT2D eigenvalue weighted by molar-refractivity contribution is 6.04. The van der Waals surface area contributed by atoms with Gasteiger partial charge in [0, 0.05) is 30.2 Å². The molecule has 0 aliphatic carbocycles. The maximum absolute atomic E-state index is 14.2. The number of aryl methyl sites for hydroxylation is 1. The highest BCUT2D eigenvalue weighted by Crippen LogP contribution is 2.24. The number of amides is 1. The lowest BCUT2D eigenvalue weighted by molar-refractivity contribution is 0.0941. The molecule has 41 heavy (non-hydrogen) atoms. The van der Waals surface area contributed by atoms with E-state index in [4.69, 9.17) is 5.73 Å². The van der Waals surface area contributed by atoms with Crippen molar-refractivity contribution in [3.8, 4) is 17.5 Å². The number of rotatable bonds is 4. The average molecular weight is 544 g/mol. The van der Waals surface area contributed by atoms with Gasteiger partial charge in [-0.3, -0.25) is 18.8 Å². The molecule has 11 nitrogen and oxygen atoms in total.